The lowest BCUT2D eigenvalue weighted by Gasteiger charge is -2.20. The Morgan fingerprint density at radius 3 is 2.50 bits per heavy atom. The first-order chi connectivity index (χ1) is 7.59. The van der Waals surface area contributed by atoms with Crippen LogP contribution in [0.25, 0.3) is 0 Å². The Hall–Kier alpha value is -1.06. The molecule has 0 aromatic carbocycles. The van der Waals surface area contributed by atoms with Gasteiger partial charge in [0.25, 0.3) is 0 Å². The van der Waals surface area contributed by atoms with E-state index >= 15 is 0 Å². The molecule has 0 saturated heterocycles. The highest BCUT2D eigenvalue weighted by molar-refractivity contribution is 5.81. The average molecular weight is 227 g/mol. The molecule has 1 rings (SSSR count). The number of ketones is 1. The van der Waals surface area contributed by atoms with E-state index in [2.05, 4.69) is 5.32 Å². The number of carbonyl (C=O) groups excluding carboxylic acids is 1. The lowest BCUT2D eigenvalue weighted by atomic mass is 9.84. The van der Waals surface area contributed by atoms with Gasteiger partial charge < -0.3 is 10.4 Å². The zero-order valence-corrected chi connectivity index (χ0v) is 9.87. The fourth-order valence-corrected chi connectivity index (χ4v) is 2.27. The molecule has 1 saturated carbocycles. The van der Waals surface area contributed by atoms with Crippen molar-refractivity contribution in [3.8, 4) is 0 Å². The fraction of sp³-hybridized carbons (Fsp3) is 0.833. The molecule has 4 nitrogen and oxygen atoms in total. The Kier molecular flexibility index (Phi) is 5.29. The van der Waals surface area contributed by atoms with Gasteiger partial charge in [-0.25, -0.2) is 4.79 Å². The molecular formula is C12H21NO3. The molecule has 0 spiro atoms. The standard InChI is InChI=1S/C12H21NO3/c1-9(13-12(15)16)7-8-11(14)10-5-3-2-4-6-10/h9-10,13H,2-8H2,1H3,(H,15,16)/t9-/m0/s1. The highest BCUT2D eigenvalue weighted by atomic mass is 16.4. The summed E-state index contributed by atoms with van der Waals surface area (Å²) in [6, 6.07) is -0.134. The molecular weight excluding hydrogens is 206 g/mol. The summed E-state index contributed by atoms with van der Waals surface area (Å²) in [5.41, 5.74) is 0. The quantitative estimate of drug-likeness (QED) is 0.758. The molecule has 2 N–H and O–H groups in total. The van der Waals surface area contributed by atoms with Crippen molar-refractivity contribution in [2.45, 2.75) is 57.9 Å². The van der Waals surface area contributed by atoms with Crippen molar-refractivity contribution in [2.24, 2.45) is 5.92 Å². The number of nitrogens with one attached hydrogen (secondary N) is 1. The number of hydrogen-bond acceptors (Lipinski definition) is 2. The van der Waals surface area contributed by atoms with Crippen LogP contribution in [0.1, 0.15) is 51.9 Å². The van der Waals surface area contributed by atoms with Crippen molar-refractivity contribution < 1.29 is 14.7 Å². The van der Waals surface area contributed by atoms with E-state index in [9.17, 15) is 9.59 Å². The molecule has 4 heteroatoms. The topological polar surface area (TPSA) is 66.4 Å². The molecule has 1 atom stereocenters. The maximum Gasteiger partial charge on any atom is 0.404 e. The Bertz CT molecular complexity index is 247. The maximum absolute atomic E-state index is 11.8. The second kappa shape index (κ2) is 6.51. The molecule has 0 aliphatic heterocycles. The molecule has 0 unspecified atom stereocenters. The van der Waals surface area contributed by atoms with Gasteiger partial charge in [0.05, 0.1) is 0 Å². The van der Waals surface area contributed by atoms with Crippen LogP contribution < -0.4 is 5.32 Å². The number of Topliss-reactive ketones (excluding diaryl/α,β-unsaturated/α-hetero) is 1. The summed E-state index contributed by atoms with van der Waals surface area (Å²) in [5, 5.41) is 10.9. The lowest BCUT2D eigenvalue weighted by Crippen LogP contribution is -2.32. The van der Waals surface area contributed by atoms with Gasteiger partial charge in [-0.15, -0.1) is 0 Å². The van der Waals surface area contributed by atoms with Gasteiger partial charge in [0.2, 0.25) is 0 Å². The predicted octanol–water partition coefficient (Wildman–Crippen LogP) is 2.57. The molecule has 16 heavy (non-hydrogen) atoms. The van der Waals surface area contributed by atoms with E-state index in [1.165, 1.54) is 19.3 Å². The molecule has 1 aliphatic carbocycles. The van der Waals surface area contributed by atoms with Gasteiger partial charge >= 0.3 is 6.09 Å². The molecule has 0 bridgehead atoms. The van der Waals surface area contributed by atoms with Crippen LogP contribution in [0.15, 0.2) is 0 Å². The van der Waals surface area contributed by atoms with Gasteiger partial charge in [-0.2, -0.15) is 0 Å². The van der Waals surface area contributed by atoms with Crippen LogP contribution in [0.2, 0.25) is 0 Å². The van der Waals surface area contributed by atoms with Crippen LogP contribution in [0.4, 0.5) is 4.79 Å². The predicted molar refractivity (Wildman–Crippen MR) is 61.4 cm³/mol. The van der Waals surface area contributed by atoms with E-state index < -0.39 is 6.09 Å². The molecule has 0 aromatic heterocycles. The van der Waals surface area contributed by atoms with Crippen LogP contribution >= 0.6 is 0 Å². The SMILES string of the molecule is C[C@@H](CCC(=O)C1CCCCC1)NC(=O)O. The monoisotopic (exact) mass is 227 g/mol. The zero-order chi connectivity index (χ0) is 12.0. The molecule has 0 aromatic rings. The van der Waals surface area contributed by atoms with Crippen molar-refractivity contribution in [1.29, 1.82) is 0 Å². The second-order valence-corrected chi connectivity index (χ2v) is 4.69. The summed E-state index contributed by atoms with van der Waals surface area (Å²) in [6.07, 6.45) is 5.74. The first-order valence-electron chi connectivity index (χ1n) is 6.11. The minimum absolute atomic E-state index is 0.134. The molecule has 1 aliphatic rings. The van der Waals surface area contributed by atoms with Crippen LogP contribution in [0.5, 0.6) is 0 Å². The van der Waals surface area contributed by atoms with E-state index in [-0.39, 0.29) is 12.0 Å². The first kappa shape index (κ1) is 13.0. The number of rotatable bonds is 5. The summed E-state index contributed by atoms with van der Waals surface area (Å²) in [4.78, 5) is 22.2. The van der Waals surface area contributed by atoms with Gasteiger partial charge in [-0.1, -0.05) is 19.3 Å². The Morgan fingerprint density at radius 1 is 1.31 bits per heavy atom. The molecule has 1 fully saturated rings. The van der Waals surface area contributed by atoms with E-state index in [1.807, 2.05) is 0 Å². The number of carbonyl (C=O) groups is 2. The third-order valence-electron chi connectivity index (χ3n) is 3.25. The van der Waals surface area contributed by atoms with Crippen molar-refractivity contribution in [3.63, 3.8) is 0 Å². The Balaban J connectivity index is 2.20. The largest absolute Gasteiger partial charge is 0.465 e. The van der Waals surface area contributed by atoms with Crippen LogP contribution in [-0.4, -0.2) is 23.0 Å². The number of carboxylic acid groups (broad SMARTS) is 1. The van der Waals surface area contributed by atoms with Gasteiger partial charge in [0.15, 0.2) is 0 Å². The molecule has 0 radical (unpaired) electrons. The minimum atomic E-state index is -1.02. The van der Waals surface area contributed by atoms with E-state index in [0.29, 0.717) is 18.6 Å². The summed E-state index contributed by atoms with van der Waals surface area (Å²) in [7, 11) is 0. The van der Waals surface area contributed by atoms with Gasteiger partial charge in [-0.05, 0) is 26.2 Å². The maximum atomic E-state index is 11.8. The van der Waals surface area contributed by atoms with Crippen LogP contribution in [0.3, 0.4) is 0 Å². The lowest BCUT2D eigenvalue weighted by molar-refractivity contribution is -0.124. The van der Waals surface area contributed by atoms with Crippen molar-refractivity contribution in [1.82, 2.24) is 5.32 Å². The summed E-state index contributed by atoms with van der Waals surface area (Å²) in [5.74, 6) is 0.560. The van der Waals surface area contributed by atoms with E-state index in [4.69, 9.17) is 5.11 Å². The minimum Gasteiger partial charge on any atom is -0.465 e. The van der Waals surface area contributed by atoms with E-state index in [1.54, 1.807) is 6.92 Å². The van der Waals surface area contributed by atoms with Crippen LogP contribution in [0, 0.1) is 5.92 Å². The number of hydrogen-bond donors (Lipinski definition) is 2. The van der Waals surface area contributed by atoms with Crippen molar-refractivity contribution in [2.75, 3.05) is 0 Å². The van der Waals surface area contributed by atoms with Crippen LogP contribution in [-0.2, 0) is 4.79 Å². The Labute approximate surface area is 96.4 Å². The Morgan fingerprint density at radius 2 is 1.94 bits per heavy atom. The summed E-state index contributed by atoms with van der Waals surface area (Å²) < 4.78 is 0. The molecule has 92 valence electrons. The summed E-state index contributed by atoms with van der Waals surface area (Å²) >= 11 is 0. The first-order valence-corrected chi connectivity index (χ1v) is 6.11. The normalized spacial score (nSPS) is 19.1. The highest BCUT2D eigenvalue weighted by Gasteiger charge is 2.21. The highest BCUT2D eigenvalue weighted by Crippen LogP contribution is 2.25. The van der Waals surface area contributed by atoms with Gasteiger partial charge in [0, 0.05) is 18.4 Å². The van der Waals surface area contributed by atoms with Crippen molar-refractivity contribution >= 4 is 11.9 Å². The van der Waals surface area contributed by atoms with E-state index in [0.717, 1.165) is 12.8 Å². The summed E-state index contributed by atoms with van der Waals surface area (Å²) in [6.45, 7) is 1.79. The molecule has 0 heterocycles. The smallest absolute Gasteiger partial charge is 0.404 e. The zero-order valence-electron chi connectivity index (χ0n) is 9.87. The molecule has 1 amide bonds. The third kappa shape index (κ3) is 4.64. The van der Waals surface area contributed by atoms with Gasteiger partial charge in [0.1, 0.15) is 5.78 Å². The third-order valence-corrected chi connectivity index (χ3v) is 3.25. The second-order valence-electron chi connectivity index (χ2n) is 4.69. The fourth-order valence-electron chi connectivity index (χ4n) is 2.27. The van der Waals surface area contributed by atoms with Gasteiger partial charge in [-0.3, -0.25) is 4.79 Å². The average Bonchev–Trinajstić information content (AvgIpc) is 2.26. The number of amides is 1. The van der Waals surface area contributed by atoms with Crippen molar-refractivity contribution in [3.05, 3.63) is 0 Å².